The number of aromatic nitrogens is 4. The van der Waals surface area contributed by atoms with Crippen LogP contribution in [-0.4, -0.2) is 26.5 Å². The number of H-pyrrole nitrogens is 1. The first-order valence-corrected chi connectivity index (χ1v) is 5.32. The molecule has 16 heavy (non-hydrogen) atoms. The van der Waals surface area contributed by atoms with Gasteiger partial charge in [-0.05, 0) is 13.0 Å². The van der Waals surface area contributed by atoms with Crippen LogP contribution in [0.4, 0.5) is 0 Å². The van der Waals surface area contributed by atoms with E-state index in [0.717, 1.165) is 23.6 Å². The molecule has 0 radical (unpaired) electrons. The third-order valence-electron chi connectivity index (χ3n) is 2.50. The van der Waals surface area contributed by atoms with Crippen molar-refractivity contribution in [1.29, 1.82) is 0 Å². The molecule has 0 aromatic carbocycles. The van der Waals surface area contributed by atoms with Crippen LogP contribution in [0.15, 0.2) is 24.8 Å². The smallest absolute Gasteiger partial charge is 0.109 e. The van der Waals surface area contributed by atoms with Crippen molar-refractivity contribution in [3.63, 3.8) is 0 Å². The molecular formula is C11H15N5. The predicted octanol–water partition coefficient (Wildman–Crippen LogP) is 1.32. The van der Waals surface area contributed by atoms with Crippen molar-refractivity contribution in [3.8, 4) is 11.4 Å². The third kappa shape index (κ3) is 2.25. The fourth-order valence-electron chi connectivity index (χ4n) is 1.54. The number of nitrogens with zero attached hydrogens (tertiary/aromatic N) is 3. The van der Waals surface area contributed by atoms with Crippen LogP contribution in [0.5, 0.6) is 0 Å². The molecule has 0 bridgehead atoms. The summed E-state index contributed by atoms with van der Waals surface area (Å²) in [5, 5.41) is 0. The molecule has 2 rings (SSSR count). The van der Waals surface area contributed by atoms with Gasteiger partial charge >= 0.3 is 0 Å². The van der Waals surface area contributed by atoms with Crippen molar-refractivity contribution in [1.82, 2.24) is 19.9 Å². The van der Waals surface area contributed by atoms with Gasteiger partial charge in [-0.1, -0.05) is 6.92 Å². The Hall–Kier alpha value is -1.75. The SMILES string of the molecule is CC(CCN)c1ncc(-c2cnccn2)[nH]1. The molecule has 0 saturated heterocycles. The summed E-state index contributed by atoms with van der Waals surface area (Å²) < 4.78 is 0. The fourth-order valence-corrected chi connectivity index (χ4v) is 1.54. The van der Waals surface area contributed by atoms with Crippen molar-refractivity contribution in [2.75, 3.05) is 6.54 Å². The van der Waals surface area contributed by atoms with Crippen molar-refractivity contribution in [3.05, 3.63) is 30.6 Å². The molecule has 0 saturated carbocycles. The van der Waals surface area contributed by atoms with Crippen LogP contribution in [0.3, 0.4) is 0 Å². The summed E-state index contributed by atoms with van der Waals surface area (Å²) in [6.07, 6.45) is 7.74. The minimum absolute atomic E-state index is 0.343. The number of hydrogen-bond donors (Lipinski definition) is 2. The Kier molecular flexibility index (Phi) is 3.26. The van der Waals surface area contributed by atoms with E-state index in [4.69, 9.17) is 5.73 Å². The van der Waals surface area contributed by atoms with Crippen LogP contribution >= 0.6 is 0 Å². The van der Waals surface area contributed by atoms with E-state index < -0.39 is 0 Å². The lowest BCUT2D eigenvalue weighted by molar-refractivity contribution is 0.655. The molecule has 2 aromatic rings. The van der Waals surface area contributed by atoms with Crippen molar-refractivity contribution < 1.29 is 0 Å². The van der Waals surface area contributed by atoms with Gasteiger partial charge < -0.3 is 10.7 Å². The van der Waals surface area contributed by atoms with Gasteiger partial charge in [-0.15, -0.1) is 0 Å². The first-order chi connectivity index (χ1) is 7.81. The Morgan fingerprint density at radius 3 is 2.88 bits per heavy atom. The summed E-state index contributed by atoms with van der Waals surface area (Å²) in [4.78, 5) is 15.8. The number of hydrogen-bond acceptors (Lipinski definition) is 4. The fraction of sp³-hybridized carbons (Fsp3) is 0.364. The summed E-state index contributed by atoms with van der Waals surface area (Å²) in [5.41, 5.74) is 7.22. The van der Waals surface area contributed by atoms with Gasteiger partial charge in [-0.3, -0.25) is 9.97 Å². The maximum Gasteiger partial charge on any atom is 0.109 e. The van der Waals surface area contributed by atoms with Gasteiger partial charge in [0.2, 0.25) is 0 Å². The summed E-state index contributed by atoms with van der Waals surface area (Å²) in [7, 11) is 0. The van der Waals surface area contributed by atoms with E-state index in [9.17, 15) is 0 Å². The van der Waals surface area contributed by atoms with E-state index in [1.54, 1.807) is 24.8 Å². The highest BCUT2D eigenvalue weighted by atomic mass is 14.9. The number of nitrogens with two attached hydrogens (primary N) is 1. The molecule has 1 atom stereocenters. The average molecular weight is 217 g/mol. The van der Waals surface area contributed by atoms with E-state index in [-0.39, 0.29) is 0 Å². The average Bonchev–Trinajstić information content (AvgIpc) is 2.80. The van der Waals surface area contributed by atoms with E-state index in [1.807, 2.05) is 0 Å². The first kappa shape index (κ1) is 10.8. The molecule has 0 aliphatic carbocycles. The Morgan fingerprint density at radius 1 is 1.31 bits per heavy atom. The molecule has 0 amide bonds. The van der Waals surface area contributed by atoms with Gasteiger partial charge in [0.1, 0.15) is 11.5 Å². The number of rotatable bonds is 4. The summed E-state index contributed by atoms with van der Waals surface area (Å²) in [5.74, 6) is 1.29. The second-order valence-electron chi connectivity index (χ2n) is 3.75. The van der Waals surface area contributed by atoms with E-state index >= 15 is 0 Å². The van der Waals surface area contributed by atoms with E-state index in [2.05, 4.69) is 26.9 Å². The lowest BCUT2D eigenvalue weighted by Crippen LogP contribution is -2.05. The molecule has 2 heterocycles. The van der Waals surface area contributed by atoms with E-state index in [0.29, 0.717) is 12.5 Å². The second kappa shape index (κ2) is 4.85. The molecule has 2 aromatic heterocycles. The second-order valence-corrected chi connectivity index (χ2v) is 3.75. The third-order valence-corrected chi connectivity index (χ3v) is 2.50. The van der Waals surface area contributed by atoms with Gasteiger partial charge in [0.15, 0.2) is 0 Å². The van der Waals surface area contributed by atoms with Crippen LogP contribution in [0.25, 0.3) is 11.4 Å². The molecule has 0 fully saturated rings. The van der Waals surface area contributed by atoms with Crippen LogP contribution < -0.4 is 5.73 Å². The van der Waals surface area contributed by atoms with E-state index in [1.165, 1.54) is 0 Å². The molecule has 1 unspecified atom stereocenters. The van der Waals surface area contributed by atoms with Gasteiger partial charge in [0, 0.05) is 18.3 Å². The van der Waals surface area contributed by atoms with Gasteiger partial charge in [0.05, 0.1) is 18.1 Å². The lowest BCUT2D eigenvalue weighted by Gasteiger charge is -2.05. The minimum Gasteiger partial charge on any atom is -0.340 e. The minimum atomic E-state index is 0.343. The highest BCUT2D eigenvalue weighted by molar-refractivity contribution is 5.51. The molecule has 0 aliphatic rings. The molecule has 3 N–H and O–H groups in total. The van der Waals surface area contributed by atoms with Crippen LogP contribution in [0.1, 0.15) is 25.1 Å². The zero-order chi connectivity index (χ0) is 11.4. The Labute approximate surface area is 94.2 Å². The zero-order valence-corrected chi connectivity index (χ0v) is 9.22. The molecule has 0 spiro atoms. The first-order valence-electron chi connectivity index (χ1n) is 5.32. The molecule has 5 heteroatoms. The van der Waals surface area contributed by atoms with Crippen molar-refractivity contribution >= 4 is 0 Å². The Bertz CT molecular complexity index is 437. The van der Waals surface area contributed by atoms with Crippen LogP contribution in [0, 0.1) is 0 Å². The number of aromatic amines is 1. The quantitative estimate of drug-likeness (QED) is 0.809. The molecular weight excluding hydrogens is 202 g/mol. The van der Waals surface area contributed by atoms with Gasteiger partial charge in [0.25, 0.3) is 0 Å². The normalized spacial score (nSPS) is 12.6. The van der Waals surface area contributed by atoms with Crippen LogP contribution in [-0.2, 0) is 0 Å². The molecule has 0 aliphatic heterocycles. The molecule has 5 nitrogen and oxygen atoms in total. The van der Waals surface area contributed by atoms with Crippen LogP contribution in [0.2, 0.25) is 0 Å². The predicted molar refractivity (Wildman–Crippen MR) is 61.7 cm³/mol. The lowest BCUT2D eigenvalue weighted by atomic mass is 10.1. The monoisotopic (exact) mass is 217 g/mol. The highest BCUT2D eigenvalue weighted by Crippen LogP contribution is 2.19. The maximum absolute atomic E-state index is 5.52. The largest absolute Gasteiger partial charge is 0.340 e. The topological polar surface area (TPSA) is 80.5 Å². The standard InChI is InChI=1S/C11H15N5/c1-8(2-3-12)11-15-7-10(16-11)9-6-13-4-5-14-9/h4-8H,2-3,12H2,1H3,(H,15,16). The molecule has 84 valence electrons. The summed E-state index contributed by atoms with van der Waals surface area (Å²) in [6, 6.07) is 0. The van der Waals surface area contributed by atoms with Gasteiger partial charge in [-0.2, -0.15) is 0 Å². The Morgan fingerprint density at radius 2 is 2.19 bits per heavy atom. The summed E-state index contributed by atoms with van der Waals surface area (Å²) >= 11 is 0. The van der Waals surface area contributed by atoms with Crippen molar-refractivity contribution in [2.24, 2.45) is 5.73 Å². The number of nitrogens with one attached hydrogen (secondary N) is 1. The highest BCUT2D eigenvalue weighted by Gasteiger charge is 2.10. The zero-order valence-electron chi connectivity index (χ0n) is 9.22. The Balaban J connectivity index is 2.20. The maximum atomic E-state index is 5.52. The van der Waals surface area contributed by atoms with Gasteiger partial charge in [-0.25, -0.2) is 4.98 Å². The number of imidazole rings is 1. The summed E-state index contributed by atoms with van der Waals surface area (Å²) in [6.45, 7) is 2.77. The van der Waals surface area contributed by atoms with Crippen molar-refractivity contribution in [2.45, 2.75) is 19.3 Å².